The first-order valence-electron chi connectivity index (χ1n) is 8.12. The van der Waals surface area contributed by atoms with E-state index in [0.29, 0.717) is 11.4 Å². The fourth-order valence-electron chi connectivity index (χ4n) is 2.70. The first-order valence-corrected chi connectivity index (χ1v) is 8.99. The number of carbonyl (C=O) groups is 1. The Morgan fingerprint density at radius 1 is 1.35 bits per heavy atom. The van der Waals surface area contributed by atoms with Gasteiger partial charge in [-0.25, -0.2) is 4.98 Å². The van der Waals surface area contributed by atoms with Crippen LogP contribution in [0.2, 0.25) is 0 Å². The minimum Gasteiger partial charge on any atom is -0.495 e. The molecule has 5 nitrogen and oxygen atoms in total. The Balaban J connectivity index is 1.75. The molecule has 1 aliphatic carbocycles. The van der Waals surface area contributed by atoms with Crippen molar-refractivity contribution in [3.05, 3.63) is 60.2 Å². The Morgan fingerprint density at radius 3 is 2.81 bits per heavy atom. The Labute approximate surface area is 162 Å². The Kier molecular flexibility index (Phi) is 5.69. The van der Waals surface area contributed by atoms with Crippen LogP contribution in [0.4, 0.5) is 5.69 Å². The lowest BCUT2D eigenvalue weighted by molar-refractivity contribution is -0.115. The zero-order valence-electron chi connectivity index (χ0n) is 14.4. The molecule has 1 heterocycles. The van der Waals surface area contributed by atoms with E-state index in [2.05, 4.69) is 10.3 Å². The van der Waals surface area contributed by atoms with Crippen molar-refractivity contribution in [2.75, 3.05) is 12.4 Å². The minimum atomic E-state index is -0.304. The topological polar surface area (TPSA) is 56.1 Å². The van der Waals surface area contributed by atoms with Gasteiger partial charge in [-0.15, -0.1) is 23.2 Å². The molecule has 0 bridgehead atoms. The van der Waals surface area contributed by atoms with E-state index in [4.69, 9.17) is 27.9 Å². The van der Waals surface area contributed by atoms with Gasteiger partial charge in [0, 0.05) is 11.9 Å². The van der Waals surface area contributed by atoms with Gasteiger partial charge in [-0.2, -0.15) is 0 Å². The molecule has 1 amide bonds. The van der Waals surface area contributed by atoms with Crippen LogP contribution >= 0.6 is 23.2 Å². The van der Waals surface area contributed by atoms with Gasteiger partial charge in [0.2, 0.25) is 5.91 Å². The molecular formula is C19H19Cl2N3O2. The number of hydrogen-bond acceptors (Lipinski definition) is 3. The van der Waals surface area contributed by atoms with Crippen molar-refractivity contribution < 1.29 is 9.53 Å². The second-order valence-corrected chi connectivity index (χ2v) is 7.03. The number of benzene rings is 1. The van der Waals surface area contributed by atoms with Gasteiger partial charge in [0.25, 0.3) is 0 Å². The van der Waals surface area contributed by atoms with Crippen LogP contribution in [-0.2, 0) is 4.79 Å². The number of allylic oxidation sites excluding steroid dienone is 3. The summed E-state index contributed by atoms with van der Waals surface area (Å²) in [5, 5.41) is 2.36. The van der Waals surface area contributed by atoms with Crippen LogP contribution in [0.1, 0.15) is 12.1 Å². The summed E-state index contributed by atoms with van der Waals surface area (Å²) in [5.41, 5.74) is 3.22. The van der Waals surface area contributed by atoms with Crippen molar-refractivity contribution in [2.24, 2.45) is 0 Å². The monoisotopic (exact) mass is 391 g/mol. The lowest BCUT2D eigenvalue weighted by atomic mass is 10.0. The summed E-state index contributed by atoms with van der Waals surface area (Å²) < 4.78 is 7.26. The number of aromatic nitrogens is 2. The largest absolute Gasteiger partial charge is 0.495 e. The molecular weight excluding hydrogens is 373 g/mol. The number of hydrogen-bond donors (Lipinski definition) is 1. The Hall–Kier alpha value is -2.24. The number of amides is 1. The van der Waals surface area contributed by atoms with Gasteiger partial charge in [-0.3, -0.25) is 4.79 Å². The second kappa shape index (κ2) is 7.98. The molecule has 0 saturated carbocycles. The van der Waals surface area contributed by atoms with Gasteiger partial charge < -0.3 is 14.6 Å². The first kappa shape index (κ1) is 18.5. The summed E-state index contributed by atoms with van der Waals surface area (Å²) >= 11 is 12.1. The quantitative estimate of drug-likeness (QED) is 0.775. The molecule has 136 valence electrons. The Bertz CT molecular complexity index is 873. The molecule has 1 aliphatic rings. The number of nitrogens with zero attached hydrogens (tertiary/aromatic N) is 2. The minimum absolute atomic E-state index is 0.129. The van der Waals surface area contributed by atoms with E-state index in [1.54, 1.807) is 25.6 Å². The molecule has 1 N–H and O–H groups in total. The maximum absolute atomic E-state index is 12.4. The van der Waals surface area contributed by atoms with Crippen LogP contribution in [0.25, 0.3) is 5.69 Å². The van der Waals surface area contributed by atoms with Gasteiger partial charge in [0.05, 0.1) is 42.0 Å². The fraction of sp³-hybridized carbons (Fsp3) is 0.263. The zero-order valence-corrected chi connectivity index (χ0v) is 16.0. The third kappa shape index (κ3) is 4.29. The van der Waals surface area contributed by atoms with Gasteiger partial charge in [-0.05, 0) is 30.7 Å². The van der Waals surface area contributed by atoms with Gasteiger partial charge >= 0.3 is 0 Å². The fourth-order valence-corrected chi connectivity index (χ4v) is 3.10. The normalized spacial score (nSPS) is 19.2. The number of carbonyl (C=O) groups excluding carboxylic acids is 1. The van der Waals surface area contributed by atoms with Crippen molar-refractivity contribution in [2.45, 2.75) is 24.1 Å². The average Bonchev–Trinajstić information content (AvgIpc) is 3.04. The summed E-state index contributed by atoms with van der Waals surface area (Å²) in [5.74, 6) is 0.562. The first-order chi connectivity index (χ1) is 12.5. The predicted molar refractivity (Wildman–Crippen MR) is 105 cm³/mol. The molecule has 0 fully saturated rings. The van der Waals surface area contributed by atoms with E-state index in [0.717, 1.165) is 17.0 Å². The van der Waals surface area contributed by atoms with Gasteiger partial charge in [0.15, 0.2) is 0 Å². The van der Waals surface area contributed by atoms with Crippen LogP contribution in [0.3, 0.4) is 0 Å². The molecule has 0 spiro atoms. The van der Waals surface area contributed by atoms with Crippen molar-refractivity contribution in [3.8, 4) is 11.4 Å². The number of anilines is 1. The molecule has 0 aliphatic heterocycles. The summed E-state index contributed by atoms with van der Waals surface area (Å²) in [6, 6.07) is 5.46. The molecule has 2 aromatic rings. The third-order valence-corrected chi connectivity index (χ3v) is 4.93. The number of nitrogens with one attached hydrogen (secondary N) is 1. The smallest absolute Gasteiger partial charge is 0.228 e. The van der Waals surface area contributed by atoms with Crippen LogP contribution in [0.15, 0.2) is 54.5 Å². The maximum atomic E-state index is 12.4. The summed E-state index contributed by atoms with van der Waals surface area (Å²) in [6.07, 6.45) is 9.28. The highest BCUT2D eigenvalue weighted by Crippen LogP contribution is 2.27. The van der Waals surface area contributed by atoms with Crippen molar-refractivity contribution in [1.29, 1.82) is 0 Å². The van der Waals surface area contributed by atoms with E-state index < -0.39 is 0 Å². The number of ether oxygens (including phenoxy) is 1. The van der Waals surface area contributed by atoms with Crippen molar-refractivity contribution in [3.63, 3.8) is 0 Å². The highest BCUT2D eigenvalue weighted by atomic mass is 35.5. The SMILES string of the molecule is COc1ccc(NC(=O)CC2=CC(Cl)C(Cl)C=C2)cc1-n1cnc(C)c1. The summed E-state index contributed by atoms with van der Waals surface area (Å²) in [4.78, 5) is 16.6. The molecule has 1 aromatic carbocycles. The average molecular weight is 392 g/mol. The van der Waals surface area contributed by atoms with E-state index >= 15 is 0 Å². The maximum Gasteiger partial charge on any atom is 0.228 e. The molecule has 0 saturated heterocycles. The molecule has 2 unspecified atom stereocenters. The van der Waals surface area contributed by atoms with Gasteiger partial charge in [-0.1, -0.05) is 18.2 Å². The number of aryl methyl sites for hydroxylation is 1. The number of imidazole rings is 1. The predicted octanol–water partition coefficient (Wildman–Crippen LogP) is 4.23. The molecule has 3 rings (SSSR count). The molecule has 7 heteroatoms. The molecule has 26 heavy (non-hydrogen) atoms. The standard InChI is InChI=1S/C19H19Cl2N3O2/c1-12-10-24(11-22-12)17-9-14(4-6-18(17)26-2)23-19(25)8-13-3-5-15(20)16(21)7-13/h3-7,9-11,15-16H,8H2,1-2H3,(H,23,25). The molecule has 1 aromatic heterocycles. The van der Waals surface area contributed by atoms with Gasteiger partial charge in [0.1, 0.15) is 5.75 Å². The molecule has 2 atom stereocenters. The van der Waals surface area contributed by atoms with Crippen LogP contribution in [-0.4, -0.2) is 33.3 Å². The van der Waals surface area contributed by atoms with Crippen LogP contribution < -0.4 is 10.1 Å². The molecule has 0 radical (unpaired) electrons. The number of alkyl halides is 2. The van der Waals surface area contributed by atoms with E-state index in [-0.39, 0.29) is 23.1 Å². The number of rotatable bonds is 5. The van der Waals surface area contributed by atoms with Crippen LogP contribution in [0, 0.1) is 6.92 Å². The third-order valence-electron chi connectivity index (χ3n) is 3.99. The highest BCUT2D eigenvalue weighted by Gasteiger charge is 2.17. The number of methoxy groups -OCH3 is 1. The second-order valence-electron chi connectivity index (χ2n) is 6.02. The highest BCUT2D eigenvalue weighted by molar-refractivity contribution is 6.32. The van der Waals surface area contributed by atoms with E-state index in [1.807, 2.05) is 42.0 Å². The lowest BCUT2D eigenvalue weighted by Crippen LogP contribution is -2.17. The van der Waals surface area contributed by atoms with Crippen LogP contribution in [0.5, 0.6) is 5.75 Å². The summed E-state index contributed by atoms with van der Waals surface area (Å²) in [6.45, 7) is 1.91. The zero-order chi connectivity index (χ0) is 18.7. The van der Waals surface area contributed by atoms with Crippen molar-refractivity contribution >= 4 is 34.8 Å². The lowest BCUT2D eigenvalue weighted by Gasteiger charge is -2.16. The van der Waals surface area contributed by atoms with E-state index in [9.17, 15) is 4.79 Å². The Morgan fingerprint density at radius 2 is 2.15 bits per heavy atom. The number of halogens is 2. The van der Waals surface area contributed by atoms with Crippen molar-refractivity contribution in [1.82, 2.24) is 9.55 Å². The van der Waals surface area contributed by atoms with E-state index in [1.165, 1.54) is 0 Å². The summed E-state index contributed by atoms with van der Waals surface area (Å²) in [7, 11) is 1.61.